The van der Waals surface area contributed by atoms with E-state index >= 15 is 0 Å². The number of likely N-dealkylation sites (N-methyl/N-ethyl adjacent to an activating group) is 1. The van der Waals surface area contributed by atoms with Gasteiger partial charge in [-0.15, -0.1) is 0 Å². The minimum atomic E-state index is -0.537. The summed E-state index contributed by atoms with van der Waals surface area (Å²) >= 11 is 1.12. The van der Waals surface area contributed by atoms with Crippen LogP contribution in [0.4, 0.5) is 0 Å². The molecule has 0 aliphatic heterocycles. The Morgan fingerprint density at radius 2 is 2.00 bits per heavy atom. The van der Waals surface area contributed by atoms with E-state index in [1.807, 2.05) is 18.2 Å². The number of hydrogen-bond acceptors (Lipinski definition) is 8. The molecule has 0 unspecified atom stereocenters. The van der Waals surface area contributed by atoms with Crippen molar-refractivity contribution < 1.29 is 19.2 Å². The van der Waals surface area contributed by atoms with Crippen LogP contribution in [0.15, 0.2) is 41.8 Å². The van der Waals surface area contributed by atoms with Gasteiger partial charge < -0.3 is 4.74 Å². The van der Waals surface area contributed by atoms with Crippen molar-refractivity contribution >= 4 is 23.6 Å². The molecule has 2 heterocycles. The zero-order chi connectivity index (χ0) is 17.4. The lowest BCUT2D eigenvalue weighted by atomic mass is 10.3. The molecule has 0 saturated carbocycles. The van der Waals surface area contributed by atoms with Crippen LogP contribution in [-0.4, -0.2) is 58.4 Å². The molecule has 24 heavy (non-hydrogen) atoms. The maximum absolute atomic E-state index is 11.7. The molecule has 1 amide bonds. The molecule has 0 bridgehead atoms. The Kier molecular flexibility index (Phi) is 6.64. The summed E-state index contributed by atoms with van der Waals surface area (Å²) in [6, 6.07) is 7.26. The van der Waals surface area contributed by atoms with E-state index in [2.05, 4.69) is 15.0 Å². The fourth-order valence-corrected chi connectivity index (χ4v) is 2.20. The highest BCUT2D eigenvalue weighted by molar-refractivity contribution is 7.99. The summed E-state index contributed by atoms with van der Waals surface area (Å²) in [6.07, 6.45) is 3.28. The van der Waals surface area contributed by atoms with Crippen LogP contribution in [0.5, 0.6) is 0 Å². The van der Waals surface area contributed by atoms with Crippen molar-refractivity contribution in [2.75, 3.05) is 26.5 Å². The highest BCUT2D eigenvalue weighted by atomic mass is 32.2. The molecular formula is C15H16N4O4S. The minimum Gasteiger partial charge on any atom is -0.455 e. The summed E-state index contributed by atoms with van der Waals surface area (Å²) in [6.45, 7) is -0.376. The van der Waals surface area contributed by atoms with Gasteiger partial charge in [0.15, 0.2) is 11.8 Å². The van der Waals surface area contributed by atoms with Gasteiger partial charge in [-0.1, -0.05) is 17.8 Å². The van der Waals surface area contributed by atoms with Gasteiger partial charge in [-0.2, -0.15) is 0 Å². The average Bonchev–Trinajstić information content (AvgIpc) is 2.64. The number of pyridine rings is 1. The third-order valence-electron chi connectivity index (χ3n) is 2.86. The summed E-state index contributed by atoms with van der Waals surface area (Å²) in [7, 11) is 2.78. The van der Waals surface area contributed by atoms with E-state index in [1.54, 1.807) is 18.5 Å². The van der Waals surface area contributed by atoms with Crippen molar-refractivity contribution in [2.45, 2.75) is 5.16 Å². The minimum absolute atomic E-state index is 0.00432. The van der Waals surface area contributed by atoms with Crippen LogP contribution in [0.3, 0.4) is 0 Å². The molecule has 126 valence electrons. The van der Waals surface area contributed by atoms with Crippen LogP contribution in [0.2, 0.25) is 0 Å². The average molecular weight is 348 g/mol. The van der Waals surface area contributed by atoms with E-state index in [1.165, 1.54) is 14.2 Å². The molecule has 9 heteroatoms. The highest BCUT2D eigenvalue weighted by Gasteiger charge is 2.13. The monoisotopic (exact) mass is 348 g/mol. The first kappa shape index (κ1) is 17.8. The molecule has 0 saturated heterocycles. The first-order chi connectivity index (χ1) is 11.6. The number of rotatable bonds is 7. The van der Waals surface area contributed by atoms with Crippen molar-refractivity contribution in [3.05, 3.63) is 36.7 Å². The van der Waals surface area contributed by atoms with Gasteiger partial charge in [0.05, 0.1) is 24.3 Å². The fourth-order valence-electron chi connectivity index (χ4n) is 1.57. The molecule has 0 aliphatic rings. The second kappa shape index (κ2) is 8.94. The van der Waals surface area contributed by atoms with Gasteiger partial charge in [-0.25, -0.2) is 15.0 Å². The predicted octanol–water partition coefficient (Wildman–Crippen LogP) is 1.19. The number of esters is 1. The van der Waals surface area contributed by atoms with Crippen LogP contribution < -0.4 is 0 Å². The van der Waals surface area contributed by atoms with Crippen molar-refractivity contribution in [3.63, 3.8) is 0 Å². The molecule has 0 atom stereocenters. The Bertz CT molecular complexity index is 699. The zero-order valence-corrected chi connectivity index (χ0v) is 14.0. The fraction of sp³-hybridized carbons (Fsp3) is 0.267. The maximum Gasteiger partial charge on any atom is 0.316 e. The van der Waals surface area contributed by atoms with Gasteiger partial charge in [-0.3, -0.25) is 19.4 Å². The largest absolute Gasteiger partial charge is 0.455 e. The van der Waals surface area contributed by atoms with Gasteiger partial charge in [0.25, 0.3) is 5.91 Å². The molecule has 2 aromatic rings. The molecule has 8 nitrogen and oxygen atoms in total. The highest BCUT2D eigenvalue weighted by Crippen LogP contribution is 2.18. The summed E-state index contributed by atoms with van der Waals surface area (Å²) < 4.78 is 4.86. The summed E-state index contributed by atoms with van der Waals surface area (Å²) in [4.78, 5) is 40.4. The van der Waals surface area contributed by atoms with Crippen molar-refractivity contribution in [3.8, 4) is 11.4 Å². The van der Waals surface area contributed by atoms with E-state index in [0.717, 1.165) is 22.5 Å². The molecule has 0 spiro atoms. The molecule has 2 aromatic heterocycles. The number of thioether (sulfide) groups is 1. The first-order valence-electron chi connectivity index (χ1n) is 6.93. The lowest BCUT2D eigenvalue weighted by Gasteiger charge is -2.13. The van der Waals surface area contributed by atoms with Gasteiger partial charge in [0.2, 0.25) is 0 Å². The third kappa shape index (κ3) is 5.28. The number of ether oxygens (including phenoxy) is 1. The summed E-state index contributed by atoms with van der Waals surface area (Å²) in [5.74, 6) is -0.996. The van der Waals surface area contributed by atoms with Gasteiger partial charge in [-0.05, 0) is 18.2 Å². The maximum atomic E-state index is 11.7. The molecule has 0 aliphatic carbocycles. The molecule has 0 radical (unpaired) electrons. The third-order valence-corrected chi connectivity index (χ3v) is 3.70. The number of carbonyl (C=O) groups excluding carboxylic acids is 2. The lowest BCUT2D eigenvalue weighted by molar-refractivity contribution is -0.176. The lowest BCUT2D eigenvalue weighted by Crippen LogP contribution is -2.30. The summed E-state index contributed by atoms with van der Waals surface area (Å²) in [5, 5.41) is 1.41. The Hall–Kier alpha value is -2.52. The first-order valence-corrected chi connectivity index (χ1v) is 7.92. The second-order valence-corrected chi connectivity index (χ2v) is 5.41. The van der Waals surface area contributed by atoms with Crippen LogP contribution in [0.25, 0.3) is 11.4 Å². The van der Waals surface area contributed by atoms with E-state index in [0.29, 0.717) is 10.9 Å². The van der Waals surface area contributed by atoms with E-state index in [4.69, 9.17) is 9.57 Å². The predicted molar refractivity (Wildman–Crippen MR) is 86.7 cm³/mol. The van der Waals surface area contributed by atoms with E-state index < -0.39 is 11.9 Å². The molecular weight excluding hydrogens is 332 g/mol. The van der Waals surface area contributed by atoms with Crippen molar-refractivity contribution in [1.29, 1.82) is 0 Å². The van der Waals surface area contributed by atoms with Crippen LogP contribution >= 0.6 is 11.8 Å². The number of nitrogens with zero attached hydrogens (tertiary/aromatic N) is 4. The SMILES string of the molecule is CON(C)C(=O)COC(=O)CSc1nccc(-c2ccccn2)n1. The quantitative estimate of drug-likeness (QED) is 0.319. The normalized spacial score (nSPS) is 10.2. The van der Waals surface area contributed by atoms with Crippen molar-refractivity contribution in [2.24, 2.45) is 0 Å². The Labute approximate surface area is 143 Å². The Morgan fingerprint density at radius 1 is 1.17 bits per heavy atom. The number of aromatic nitrogens is 3. The number of hydrogen-bond donors (Lipinski definition) is 0. The summed E-state index contributed by atoms with van der Waals surface area (Å²) in [5.41, 5.74) is 1.39. The zero-order valence-electron chi connectivity index (χ0n) is 13.2. The van der Waals surface area contributed by atoms with Gasteiger partial charge >= 0.3 is 5.97 Å². The molecule has 0 aromatic carbocycles. The molecule has 0 fully saturated rings. The number of carbonyl (C=O) groups is 2. The smallest absolute Gasteiger partial charge is 0.316 e. The van der Waals surface area contributed by atoms with Gasteiger partial charge in [0, 0.05) is 19.4 Å². The second-order valence-electron chi connectivity index (χ2n) is 4.46. The van der Waals surface area contributed by atoms with Crippen LogP contribution in [0, 0.1) is 0 Å². The number of hydroxylamine groups is 2. The topological polar surface area (TPSA) is 94.5 Å². The van der Waals surface area contributed by atoms with Crippen LogP contribution in [-0.2, 0) is 19.2 Å². The van der Waals surface area contributed by atoms with Crippen LogP contribution in [0.1, 0.15) is 0 Å². The van der Waals surface area contributed by atoms with E-state index in [-0.39, 0.29) is 12.4 Å². The molecule has 2 rings (SSSR count). The Balaban J connectivity index is 1.86. The van der Waals surface area contributed by atoms with E-state index in [9.17, 15) is 9.59 Å². The standard InChI is InChI=1S/C15H16N4O4S/c1-19(22-2)13(20)9-23-14(21)10-24-15-17-8-6-12(18-15)11-5-3-4-7-16-11/h3-8H,9-10H2,1-2H3. The van der Waals surface area contributed by atoms with Crippen molar-refractivity contribution in [1.82, 2.24) is 20.0 Å². The Morgan fingerprint density at radius 3 is 2.71 bits per heavy atom. The number of amides is 1. The molecule has 0 N–H and O–H groups in total. The van der Waals surface area contributed by atoms with Gasteiger partial charge in [0.1, 0.15) is 0 Å².